The summed E-state index contributed by atoms with van der Waals surface area (Å²) in [7, 11) is 1.49. The van der Waals surface area contributed by atoms with Crippen molar-refractivity contribution < 1.29 is 9.13 Å². The van der Waals surface area contributed by atoms with Crippen molar-refractivity contribution in [3.05, 3.63) is 41.2 Å². The number of benzene rings is 1. The highest BCUT2D eigenvalue weighted by Gasteiger charge is 2.07. The average molecular weight is 268 g/mol. The van der Waals surface area contributed by atoms with Crippen molar-refractivity contribution in [2.24, 2.45) is 0 Å². The van der Waals surface area contributed by atoms with Crippen LogP contribution in [0.25, 0.3) is 0 Å². The number of nitrogen functional groups attached to an aromatic ring is 1. The van der Waals surface area contributed by atoms with Crippen molar-refractivity contribution in [3.8, 4) is 5.88 Å². The zero-order valence-electron chi connectivity index (χ0n) is 9.58. The van der Waals surface area contributed by atoms with E-state index in [-0.39, 0.29) is 5.69 Å². The van der Waals surface area contributed by atoms with E-state index in [4.69, 9.17) is 22.1 Å². The van der Waals surface area contributed by atoms with E-state index in [1.807, 2.05) is 0 Å². The molecule has 0 spiro atoms. The molecule has 0 fully saturated rings. The zero-order valence-corrected chi connectivity index (χ0v) is 10.3. The number of rotatable bonds is 3. The van der Waals surface area contributed by atoms with Crippen LogP contribution in [-0.2, 0) is 0 Å². The molecule has 0 saturated heterocycles. The van der Waals surface area contributed by atoms with Crippen LogP contribution in [0.1, 0.15) is 0 Å². The molecule has 0 unspecified atom stereocenters. The fourth-order valence-electron chi connectivity index (χ4n) is 1.38. The molecular weight excluding hydrogens is 257 g/mol. The van der Waals surface area contributed by atoms with Crippen molar-refractivity contribution in [1.82, 2.24) is 4.98 Å². The van der Waals surface area contributed by atoms with Crippen LogP contribution in [0, 0.1) is 5.82 Å². The molecule has 1 heterocycles. The van der Waals surface area contributed by atoms with Gasteiger partial charge in [-0.15, -0.1) is 0 Å². The maximum atomic E-state index is 13.6. The van der Waals surface area contributed by atoms with Gasteiger partial charge in [0.15, 0.2) is 5.82 Å². The second-order valence-electron chi connectivity index (χ2n) is 3.54. The van der Waals surface area contributed by atoms with Crippen LogP contribution in [-0.4, -0.2) is 12.1 Å². The SMILES string of the molecule is COc1ccc(N)c(Nc2ccc(Cl)cc2F)n1. The fourth-order valence-corrected chi connectivity index (χ4v) is 1.54. The van der Waals surface area contributed by atoms with Gasteiger partial charge < -0.3 is 15.8 Å². The molecule has 94 valence electrons. The Morgan fingerprint density at radius 1 is 1.33 bits per heavy atom. The van der Waals surface area contributed by atoms with Gasteiger partial charge in [0.25, 0.3) is 0 Å². The van der Waals surface area contributed by atoms with E-state index >= 15 is 0 Å². The second-order valence-corrected chi connectivity index (χ2v) is 3.98. The lowest BCUT2D eigenvalue weighted by atomic mass is 10.3. The number of nitrogens with one attached hydrogen (secondary N) is 1. The smallest absolute Gasteiger partial charge is 0.215 e. The summed E-state index contributed by atoms with van der Waals surface area (Å²) in [6.45, 7) is 0. The quantitative estimate of drug-likeness (QED) is 0.896. The monoisotopic (exact) mass is 267 g/mol. The average Bonchev–Trinajstić information content (AvgIpc) is 2.35. The Morgan fingerprint density at radius 2 is 2.11 bits per heavy atom. The maximum Gasteiger partial charge on any atom is 0.215 e. The first-order valence-corrected chi connectivity index (χ1v) is 5.50. The molecule has 0 bridgehead atoms. The number of nitrogens with two attached hydrogens (primary N) is 1. The van der Waals surface area contributed by atoms with Crippen LogP contribution in [0.4, 0.5) is 21.6 Å². The molecule has 6 heteroatoms. The Labute approximate surface area is 109 Å². The number of ether oxygens (including phenoxy) is 1. The largest absolute Gasteiger partial charge is 0.481 e. The summed E-state index contributed by atoms with van der Waals surface area (Å²) < 4.78 is 18.6. The number of pyridine rings is 1. The van der Waals surface area contributed by atoms with Crippen molar-refractivity contribution in [1.29, 1.82) is 0 Å². The molecule has 0 aliphatic heterocycles. The summed E-state index contributed by atoms with van der Waals surface area (Å²) in [5.74, 6) is 0.239. The molecule has 0 atom stereocenters. The van der Waals surface area contributed by atoms with Gasteiger partial charge in [0.1, 0.15) is 5.82 Å². The van der Waals surface area contributed by atoms with E-state index in [9.17, 15) is 4.39 Å². The Bertz CT molecular complexity index is 577. The van der Waals surface area contributed by atoms with Crippen LogP contribution in [0.15, 0.2) is 30.3 Å². The van der Waals surface area contributed by atoms with Gasteiger partial charge in [0.2, 0.25) is 5.88 Å². The van der Waals surface area contributed by atoms with E-state index in [1.54, 1.807) is 18.2 Å². The predicted molar refractivity (Wildman–Crippen MR) is 69.9 cm³/mol. The van der Waals surface area contributed by atoms with Crippen LogP contribution < -0.4 is 15.8 Å². The highest BCUT2D eigenvalue weighted by molar-refractivity contribution is 6.30. The summed E-state index contributed by atoms with van der Waals surface area (Å²) in [4.78, 5) is 4.09. The molecule has 0 radical (unpaired) electrons. The van der Waals surface area contributed by atoms with Crippen molar-refractivity contribution in [3.63, 3.8) is 0 Å². The minimum Gasteiger partial charge on any atom is -0.481 e. The lowest BCUT2D eigenvalue weighted by Gasteiger charge is -2.10. The molecule has 18 heavy (non-hydrogen) atoms. The number of anilines is 3. The highest BCUT2D eigenvalue weighted by atomic mass is 35.5. The number of hydrogen-bond acceptors (Lipinski definition) is 4. The van der Waals surface area contributed by atoms with Gasteiger partial charge in [-0.1, -0.05) is 11.6 Å². The van der Waals surface area contributed by atoms with Gasteiger partial charge in [0.05, 0.1) is 18.5 Å². The highest BCUT2D eigenvalue weighted by Crippen LogP contribution is 2.26. The topological polar surface area (TPSA) is 60.2 Å². The molecule has 2 rings (SSSR count). The van der Waals surface area contributed by atoms with Crippen LogP contribution in [0.3, 0.4) is 0 Å². The number of methoxy groups -OCH3 is 1. The first-order valence-electron chi connectivity index (χ1n) is 5.12. The molecule has 0 aliphatic carbocycles. The molecule has 3 N–H and O–H groups in total. The minimum atomic E-state index is -0.480. The van der Waals surface area contributed by atoms with E-state index in [2.05, 4.69) is 10.3 Å². The molecular formula is C12H11ClFN3O. The van der Waals surface area contributed by atoms with Crippen molar-refractivity contribution in [2.45, 2.75) is 0 Å². The molecule has 0 amide bonds. The number of halogens is 2. The van der Waals surface area contributed by atoms with Crippen molar-refractivity contribution in [2.75, 3.05) is 18.2 Å². The van der Waals surface area contributed by atoms with Gasteiger partial charge in [-0.3, -0.25) is 0 Å². The number of aromatic nitrogens is 1. The lowest BCUT2D eigenvalue weighted by Crippen LogP contribution is -2.02. The summed E-state index contributed by atoms with van der Waals surface area (Å²) in [6, 6.07) is 7.54. The van der Waals surface area contributed by atoms with Crippen LogP contribution in [0.5, 0.6) is 5.88 Å². The van der Waals surface area contributed by atoms with Gasteiger partial charge in [-0.2, -0.15) is 4.98 Å². The van der Waals surface area contributed by atoms with Gasteiger partial charge >= 0.3 is 0 Å². The van der Waals surface area contributed by atoms with Gasteiger partial charge in [-0.05, 0) is 24.3 Å². The molecule has 0 saturated carbocycles. The summed E-state index contributed by atoms with van der Waals surface area (Å²) in [5.41, 5.74) is 6.38. The third kappa shape index (κ3) is 2.62. The summed E-state index contributed by atoms with van der Waals surface area (Å²) >= 11 is 5.67. The summed E-state index contributed by atoms with van der Waals surface area (Å²) in [6.07, 6.45) is 0. The standard InChI is InChI=1S/C12H11ClFN3O/c1-18-11-5-3-9(15)12(17-11)16-10-4-2-7(13)6-8(10)14/h2-6H,15H2,1H3,(H,16,17). The molecule has 1 aromatic carbocycles. The fraction of sp³-hybridized carbons (Fsp3) is 0.0833. The van der Waals surface area contributed by atoms with Crippen molar-refractivity contribution >= 4 is 28.8 Å². The predicted octanol–water partition coefficient (Wildman–Crippen LogP) is 3.21. The Hall–Kier alpha value is -2.01. The molecule has 0 aliphatic rings. The van der Waals surface area contributed by atoms with E-state index in [0.29, 0.717) is 22.4 Å². The molecule has 4 nitrogen and oxygen atoms in total. The first-order chi connectivity index (χ1) is 8.60. The minimum absolute atomic E-state index is 0.242. The normalized spacial score (nSPS) is 10.2. The van der Waals surface area contributed by atoms with E-state index in [0.717, 1.165) is 0 Å². The van der Waals surface area contributed by atoms with E-state index < -0.39 is 5.82 Å². The Balaban J connectivity index is 2.33. The van der Waals surface area contributed by atoms with Crippen LogP contribution >= 0.6 is 11.6 Å². The molecule has 2 aromatic rings. The maximum absolute atomic E-state index is 13.6. The third-order valence-corrected chi connectivity index (χ3v) is 2.53. The Morgan fingerprint density at radius 3 is 2.78 bits per heavy atom. The van der Waals surface area contributed by atoms with E-state index in [1.165, 1.54) is 19.2 Å². The van der Waals surface area contributed by atoms with Crippen LogP contribution in [0.2, 0.25) is 5.02 Å². The zero-order chi connectivity index (χ0) is 13.1. The number of nitrogens with zero attached hydrogens (tertiary/aromatic N) is 1. The Kier molecular flexibility index (Phi) is 3.53. The molecule has 1 aromatic heterocycles. The third-order valence-electron chi connectivity index (χ3n) is 2.29. The first kappa shape index (κ1) is 12.4. The van der Waals surface area contributed by atoms with Gasteiger partial charge in [0, 0.05) is 11.1 Å². The van der Waals surface area contributed by atoms with Gasteiger partial charge in [-0.25, -0.2) is 4.39 Å². The summed E-state index contributed by atoms with van der Waals surface area (Å²) in [5, 5.41) is 3.12. The lowest BCUT2D eigenvalue weighted by molar-refractivity contribution is 0.398. The number of hydrogen-bond donors (Lipinski definition) is 2. The second kappa shape index (κ2) is 5.10.